The predicted molar refractivity (Wildman–Crippen MR) is 113 cm³/mol. The van der Waals surface area contributed by atoms with Crippen LogP contribution in [-0.4, -0.2) is 57.5 Å². The molecular formula is C22H38N2O6. The molecule has 0 saturated carbocycles. The van der Waals surface area contributed by atoms with E-state index in [1.165, 1.54) is 37.0 Å². The summed E-state index contributed by atoms with van der Waals surface area (Å²) in [5.41, 5.74) is 0. The average Bonchev–Trinajstić information content (AvgIpc) is 3.19. The number of carboxylic acid groups (broad SMARTS) is 2. The van der Waals surface area contributed by atoms with Crippen molar-refractivity contribution in [3.63, 3.8) is 0 Å². The molecular weight excluding hydrogens is 388 g/mol. The van der Waals surface area contributed by atoms with Gasteiger partial charge in [-0.05, 0) is 25.7 Å². The minimum Gasteiger partial charge on any atom is -0.481 e. The Morgan fingerprint density at radius 2 is 1.53 bits per heavy atom. The van der Waals surface area contributed by atoms with Crippen LogP contribution in [0.4, 0.5) is 0 Å². The summed E-state index contributed by atoms with van der Waals surface area (Å²) in [5.74, 6) is -2.91. The molecule has 3 N–H and O–H groups in total. The summed E-state index contributed by atoms with van der Waals surface area (Å²) >= 11 is 0. The van der Waals surface area contributed by atoms with E-state index in [2.05, 4.69) is 12.2 Å². The van der Waals surface area contributed by atoms with Gasteiger partial charge in [-0.25, -0.2) is 4.79 Å². The summed E-state index contributed by atoms with van der Waals surface area (Å²) in [6.07, 6.45) is 11.1. The largest absolute Gasteiger partial charge is 0.481 e. The zero-order chi connectivity index (χ0) is 22.4. The van der Waals surface area contributed by atoms with Crippen LogP contribution < -0.4 is 5.32 Å². The van der Waals surface area contributed by atoms with Gasteiger partial charge in [-0.1, -0.05) is 58.3 Å². The zero-order valence-corrected chi connectivity index (χ0v) is 18.2. The lowest BCUT2D eigenvalue weighted by molar-refractivity contribution is -0.149. The number of carbonyl (C=O) groups is 4. The Labute approximate surface area is 179 Å². The highest BCUT2D eigenvalue weighted by Gasteiger charge is 2.37. The third-order valence-electron chi connectivity index (χ3n) is 5.61. The molecule has 8 heteroatoms. The number of carboxylic acids is 2. The molecule has 2 amide bonds. The molecule has 0 bridgehead atoms. The van der Waals surface area contributed by atoms with Crippen molar-refractivity contribution in [2.45, 2.75) is 109 Å². The number of aliphatic carboxylic acids is 2. The molecule has 0 aromatic rings. The van der Waals surface area contributed by atoms with Crippen molar-refractivity contribution in [2.24, 2.45) is 0 Å². The van der Waals surface area contributed by atoms with Gasteiger partial charge in [-0.2, -0.15) is 0 Å². The van der Waals surface area contributed by atoms with Gasteiger partial charge < -0.3 is 20.4 Å². The molecule has 0 aromatic heterocycles. The second-order valence-corrected chi connectivity index (χ2v) is 8.16. The van der Waals surface area contributed by atoms with Gasteiger partial charge in [0, 0.05) is 19.4 Å². The fourth-order valence-corrected chi connectivity index (χ4v) is 3.88. The highest BCUT2D eigenvalue weighted by molar-refractivity contribution is 5.91. The number of unbranched alkanes of at least 4 members (excludes halogenated alkanes) is 8. The zero-order valence-electron chi connectivity index (χ0n) is 18.2. The third kappa shape index (κ3) is 10.1. The highest BCUT2D eigenvalue weighted by Crippen LogP contribution is 2.20. The topological polar surface area (TPSA) is 124 Å². The molecule has 30 heavy (non-hydrogen) atoms. The lowest BCUT2D eigenvalue weighted by atomic mass is 10.1. The van der Waals surface area contributed by atoms with E-state index < -0.39 is 29.9 Å². The molecule has 0 unspecified atom stereocenters. The van der Waals surface area contributed by atoms with Gasteiger partial charge >= 0.3 is 11.9 Å². The summed E-state index contributed by atoms with van der Waals surface area (Å²) in [5, 5.41) is 20.9. The molecule has 172 valence electrons. The van der Waals surface area contributed by atoms with Crippen molar-refractivity contribution < 1.29 is 29.4 Å². The first-order valence-corrected chi connectivity index (χ1v) is 11.4. The van der Waals surface area contributed by atoms with Gasteiger partial charge in [0.25, 0.3) is 0 Å². The van der Waals surface area contributed by atoms with Crippen LogP contribution in [-0.2, 0) is 19.2 Å². The van der Waals surface area contributed by atoms with E-state index >= 15 is 0 Å². The molecule has 8 nitrogen and oxygen atoms in total. The normalized spacial score (nSPS) is 17.0. The van der Waals surface area contributed by atoms with E-state index in [-0.39, 0.29) is 25.2 Å². The van der Waals surface area contributed by atoms with Crippen LogP contribution in [0, 0.1) is 0 Å². The van der Waals surface area contributed by atoms with Crippen LogP contribution in [0.1, 0.15) is 96.8 Å². The molecule has 1 aliphatic heterocycles. The Bertz CT molecular complexity index is 566. The Hall–Kier alpha value is -2.12. The maximum Gasteiger partial charge on any atom is 0.326 e. The lowest BCUT2D eigenvalue weighted by Gasteiger charge is -2.27. The SMILES string of the molecule is CCCCCCCCCCCC(=O)N[C@@H](CCC(=O)O)C(=O)N1CCC[C@H]1C(=O)O. The lowest BCUT2D eigenvalue weighted by Crippen LogP contribution is -2.51. The quantitative estimate of drug-likeness (QED) is 0.325. The monoisotopic (exact) mass is 426 g/mol. The first-order valence-electron chi connectivity index (χ1n) is 11.4. The summed E-state index contributed by atoms with van der Waals surface area (Å²) in [6.45, 7) is 2.51. The second-order valence-electron chi connectivity index (χ2n) is 8.16. The van der Waals surface area contributed by atoms with Crippen LogP contribution in [0.15, 0.2) is 0 Å². The van der Waals surface area contributed by atoms with E-state index in [0.29, 0.717) is 19.4 Å². The number of hydrogen-bond donors (Lipinski definition) is 3. The van der Waals surface area contributed by atoms with Crippen molar-refractivity contribution in [3.05, 3.63) is 0 Å². The number of nitrogens with zero attached hydrogens (tertiary/aromatic N) is 1. The van der Waals surface area contributed by atoms with Crippen molar-refractivity contribution in [1.29, 1.82) is 0 Å². The number of nitrogens with one attached hydrogen (secondary N) is 1. The van der Waals surface area contributed by atoms with E-state index in [0.717, 1.165) is 25.7 Å². The van der Waals surface area contributed by atoms with Gasteiger partial charge in [0.15, 0.2) is 0 Å². The first-order chi connectivity index (χ1) is 14.4. The standard InChI is InChI=1S/C22H38N2O6/c1-2-3-4-5-6-7-8-9-10-13-19(25)23-17(14-15-20(26)27)21(28)24-16-11-12-18(24)22(29)30/h17-18H,2-16H2,1H3,(H,23,25)(H,26,27)(H,29,30)/t17-,18-/m0/s1. The Balaban J connectivity index is 2.41. The molecule has 0 aromatic carbocycles. The fraction of sp³-hybridized carbons (Fsp3) is 0.818. The smallest absolute Gasteiger partial charge is 0.326 e. The third-order valence-corrected chi connectivity index (χ3v) is 5.61. The summed E-state index contributed by atoms with van der Waals surface area (Å²) < 4.78 is 0. The van der Waals surface area contributed by atoms with E-state index in [4.69, 9.17) is 5.11 Å². The minimum absolute atomic E-state index is 0.0412. The van der Waals surface area contributed by atoms with Crippen LogP contribution in [0.3, 0.4) is 0 Å². The molecule has 0 spiro atoms. The van der Waals surface area contributed by atoms with E-state index in [1.807, 2.05) is 0 Å². The average molecular weight is 427 g/mol. The van der Waals surface area contributed by atoms with Gasteiger partial charge in [-0.3, -0.25) is 14.4 Å². The van der Waals surface area contributed by atoms with E-state index in [1.54, 1.807) is 0 Å². The van der Waals surface area contributed by atoms with Gasteiger partial charge in [0.1, 0.15) is 12.1 Å². The number of rotatable bonds is 16. The highest BCUT2D eigenvalue weighted by atomic mass is 16.4. The number of amides is 2. The Kier molecular flexibility index (Phi) is 12.8. The molecule has 1 fully saturated rings. The number of carbonyl (C=O) groups excluding carboxylic acids is 2. The van der Waals surface area contributed by atoms with Gasteiger partial charge in [0.2, 0.25) is 11.8 Å². The molecule has 1 rings (SSSR count). The first kappa shape index (κ1) is 25.9. The number of likely N-dealkylation sites (tertiary alicyclic amines) is 1. The van der Waals surface area contributed by atoms with Gasteiger partial charge in [0.05, 0.1) is 0 Å². The number of hydrogen-bond acceptors (Lipinski definition) is 4. The molecule has 1 saturated heterocycles. The van der Waals surface area contributed by atoms with E-state index in [9.17, 15) is 24.3 Å². The maximum absolute atomic E-state index is 12.8. The molecule has 0 aliphatic carbocycles. The predicted octanol–water partition coefficient (Wildman–Crippen LogP) is 3.33. The van der Waals surface area contributed by atoms with Crippen molar-refractivity contribution in [3.8, 4) is 0 Å². The Morgan fingerprint density at radius 3 is 2.10 bits per heavy atom. The summed E-state index contributed by atoms with van der Waals surface area (Å²) in [6, 6.07) is -1.90. The van der Waals surface area contributed by atoms with Gasteiger partial charge in [-0.15, -0.1) is 0 Å². The molecule has 0 radical (unpaired) electrons. The summed E-state index contributed by atoms with van der Waals surface area (Å²) in [7, 11) is 0. The van der Waals surface area contributed by atoms with Crippen LogP contribution >= 0.6 is 0 Å². The van der Waals surface area contributed by atoms with Crippen molar-refractivity contribution in [2.75, 3.05) is 6.54 Å². The molecule has 1 aliphatic rings. The minimum atomic E-state index is -1.07. The van der Waals surface area contributed by atoms with Crippen LogP contribution in [0.25, 0.3) is 0 Å². The maximum atomic E-state index is 12.8. The summed E-state index contributed by atoms with van der Waals surface area (Å²) in [4.78, 5) is 48.6. The van der Waals surface area contributed by atoms with Crippen molar-refractivity contribution >= 4 is 23.8 Å². The van der Waals surface area contributed by atoms with Crippen LogP contribution in [0.2, 0.25) is 0 Å². The molecule has 2 atom stereocenters. The fourth-order valence-electron chi connectivity index (χ4n) is 3.88. The second kappa shape index (κ2) is 14.8. The Morgan fingerprint density at radius 1 is 0.933 bits per heavy atom. The molecule has 1 heterocycles. The van der Waals surface area contributed by atoms with Crippen molar-refractivity contribution in [1.82, 2.24) is 10.2 Å². The van der Waals surface area contributed by atoms with Crippen LogP contribution in [0.5, 0.6) is 0 Å².